The summed E-state index contributed by atoms with van der Waals surface area (Å²) in [5.74, 6) is -1.26. The monoisotopic (exact) mass is 294 g/mol. The third-order valence-electron chi connectivity index (χ3n) is 3.58. The standard InChI is InChI=1S/C14H18N2O5/c1-20-11-8-9(15)2-3-10(11)12(17)16-14(13(18)19)4-6-21-7-5-14/h2-3,8H,4-7,15H2,1H3,(H,16,17)(H,18,19). The molecule has 0 bridgehead atoms. The molecule has 7 nitrogen and oxygen atoms in total. The lowest BCUT2D eigenvalue weighted by Crippen LogP contribution is -2.57. The van der Waals surface area contributed by atoms with Crippen molar-refractivity contribution in [2.45, 2.75) is 18.4 Å². The van der Waals surface area contributed by atoms with Crippen LogP contribution in [0.25, 0.3) is 0 Å². The van der Waals surface area contributed by atoms with E-state index in [2.05, 4.69) is 5.32 Å². The first-order valence-corrected chi connectivity index (χ1v) is 6.56. The number of hydrogen-bond acceptors (Lipinski definition) is 5. The fourth-order valence-corrected chi connectivity index (χ4v) is 2.29. The first kappa shape index (κ1) is 15.1. The zero-order chi connectivity index (χ0) is 15.5. The number of benzene rings is 1. The summed E-state index contributed by atoms with van der Waals surface area (Å²) >= 11 is 0. The molecular weight excluding hydrogens is 276 g/mol. The van der Waals surface area contributed by atoms with E-state index in [-0.39, 0.29) is 18.4 Å². The molecule has 1 heterocycles. The molecule has 0 atom stereocenters. The topological polar surface area (TPSA) is 111 Å². The van der Waals surface area contributed by atoms with Crippen molar-refractivity contribution in [1.82, 2.24) is 5.32 Å². The highest BCUT2D eigenvalue weighted by Gasteiger charge is 2.42. The second-order valence-electron chi connectivity index (χ2n) is 4.91. The summed E-state index contributed by atoms with van der Waals surface area (Å²) in [7, 11) is 1.42. The Hall–Kier alpha value is -2.28. The highest BCUT2D eigenvalue weighted by atomic mass is 16.5. The van der Waals surface area contributed by atoms with E-state index in [0.717, 1.165) is 0 Å². The Labute approximate surface area is 122 Å². The number of nitrogens with one attached hydrogen (secondary N) is 1. The first-order valence-electron chi connectivity index (χ1n) is 6.56. The van der Waals surface area contributed by atoms with Crippen molar-refractivity contribution < 1.29 is 24.2 Å². The third-order valence-corrected chi connectivity index (χ3v) is 3.58. The summed E-state index contributed by atoms with van der Waals surface area (Å²) in [5, 5.41) is 12.0. The minimum Gasteiger partial charge on any atom is -0.496 e. The Bertz CT molecular complexity index is 552. The molecule has 2 rings (SSSR count). The Kier molecular flexibility index (Phi) is 4.32. The van der Waals surface area contributed by atoms with Gasteiger partial charge in [-0.2, -0.15) is 0 Å². The molecule has 114 valence electrons. The van der Waals surface area contributed by atoms with Gasteiger partial charge in [0.1, 0.15) is 11.3 Å². The molecule has 4 N–H and O–H groups in total. The smallest absolute Gasteiger partial charge is 0.329 e. The second kappa shape index (κ2) is 6.01. The molecular formula is C14H18N2O5. The molecule has 1 amide bonds. The molecule has 1 aromatic rings. The lowest BCUT2D eigenvalue weighted by Gasteiger charge is -2.34. The zero-order valence-corrected chi connectivity index (χ0v) is 11.7. The van der Waals surface area contributed by atoms with E-state index in [4.69, 9.17) is 15.2 Å². The molecule has 1 aliphatic rings. The van der Waals surface area contributed by atoms with E-state index in [1.165, 1.54) is 19.2 Å². The van der Waals surface area contributed by atoms with Crippen molar-refractivity contribution in [2.75, 3.05) is 26.1 Å². The molecule has 1 saturated heterocycles. The van der Waals surface area contributed by atoms with Gasteiger partial charge in [-0.05, 0) is 12.1 Å². The SMILES string of the molecule is COc1cc(N)ccc1C(=O)NC1(C(=O)O)CCOCC1. The third kappa shape index (κ3) is 3.08. The zero-order valence-electron chi connectivity index (χ0n) is 11.7. The largest absolute Gasteiger partial charge is 0.496 e. The van der Waals surface area contributed by atoms with Gasteiger partial charge >= 0.3 is 5.97 Å². The number of rotatable bonds is 4. The van der Waals surface area contributed by atoms with E-state index >= 15 is 0 Å². The van der Waals surface area contributed by atoms with Crippen LogP contribution in [0.3, 0.4) is 0 Å². The van der Waals surface area contributed by atoms with Crippen molar-refractivity contribution in [3.63, 3.8) is 0 Å². The van der Waals surface area contributed by atoms with Gasteiger partial charge in [0.15, 0.2) is 0 Å². The van der Waals surface area contributed by atoms with Crippen molar-refractivity contribution in [1.29, 1.82) is 0 Å². The van der Waals surface area contributed by atoms with Gasteiger partial charge in [-0.3, -0.25) is 4.79 Å². The van der Waals surface area contributed by atoms with Crippen molar-refractivity contribution in [2.24, 2.45) is 0 Å². The highest BCUT2D eigenvalue weighted by Crippen LogP contribution is 2.25. The maximum atomic E-state index is 12.4. The minimum absolute atomic E-state index is 0.228. The van der Waals surface area contributed by atoms with E-state index < -0.39 is 17.4 Å². The molecule has 1 aliphatic heterocycles. The first-order chi connectivity index (χ1) is 9.98. The number of anilines is 1. The summed E-state index contributed by atoms with van der Waals surface area (Å²) in [6.07, 6.45) is 0.455. The van der Waals surface area contributed by atoms with E-state index in [9.17, 15) is 14.7 Å². The number of carbonyl (C=O) groups excluding carboxylic acids is 1. The van der Waals surface area contributed by atoms with Gasteiger partial charge in [-0.15, -0.1) is 0 Å². The van der Waals surface area contributed by atoms with E-state index in [1.807, 2.05) is 0 Å². The summed E-state index contributed by atoms with van der Waals surface area (Å²) in [6.45, 7) is 0.594. The number of methoxy groups -OCH3 is 1. The van der Waals surface area contributed by atoms with Crippen molar-refractivity contribution in [3.05, 3.63) is 23.8 Å². The number of aliphatic carboxylic acids is 1. The molecule has 1 fully saturated rings. The normalized spacial score (nSPS) is 17.0. The average molecular weight is 294 g/mol. The second-order valence-corrected chi connectivity index (χ2v) is 4.91. The molecule has 0 aliphatic carbocycles. The molecule has 7 heteroatoms. The summed E-state index contributed by atoms with van der Waals surface area (Å²) in [5.41, 5.74) is 5.04. The molecule has 0 radical (unpaired) electrons. The Morgan fingerprint density at radius 1 is 1.38 bits per heavy atom. The number of hydrogen-bond donors (Lipinski definition) is 3. The predicted octanol–water partition coefficient (Wildman–Crippen LogP) is 0.641. The van der Waals surface area contributed by atoms with Gasteiger partial charge in [0.2, 0.25) is 0 Å². The maximum Gasteiger partial charge on any atom is 0.329 e. The summed E-state index contributed by atoms with van der Waals surface area (Å²) in [4.78, 5) is 23.9. The van der Waals surface area contributed by atoms with E-state index in [0.29, 0.717) is 24.7 Å². The van der Waals surface area contributed by atoms with Crippen LogP contribution in [0.1, 0.15) is 23.2 Å². The van der Waals surface area contributed by atoms with Gasteiger partial charge in [0.25, 0.3) is 5.91 Å². The number of carbonyl (C=O) groups is 2. The molecule has 21 heavy (non-hydrogen) atoms. The van der Waals surface area contributed by atoms with Crippen LogP contribution in [0.15, 0.2) is 18.2 Å². The quantitative estimate of drug-likeness (QED) is 0.703. The van der Waals surface area contributed by atoms with Crippen LogP contribution in [0.5, 0.6) is 5.75 Å². The lowest BCUT2D eigenvalue weighted by molar-refractivity contribution is -0.148. The minimum atomic E-state index is -1.30. The van der Waals surface area contributed by atoms with Crippen LogP contribution in [0.4, 0.5) is 5.69 Å². The molecule has 1 aromatic carbocycles. The van der Waals surface area contributed by atoms with Crippen LogP contribution in [-0.4, -0.2) is 42.8 Å². The predicted molar refractivity (Wildman–Crippen MR) is 75.3 cm³/mol. The summed E-state index contributed by atoms with van der Waals surface area (Å²) in [6, 6.07) is 4.60. The van der Waals surface area contributed by atoms with Crippen LogP contribution in [-0.2, 0) is 9.53 Å². The number of nitrogen functional groups attached to an aromatic ring is 1. The molecule has 0 unspecified atom stereocenters. The summed E-state index contributed by atoms with van der Waals surface area (Å²) < 4.78 is 10.3. The van der Waals surface area contributed by atoms with Gasteiger partial charge in [0.05, 0.1) is 12.7 Å². The van der Waals surface area contributed by atoms with Crippen LogP contribution in [0.2, 0.25) is 0 Å². The fraction of sp³-hybridized carbons (Fsp3) is 0.429. The molecule has 0 aromatic heterocycles. The van der Waals surface area contributed by atoms with Gasteiger partial charge in [-0.1, -0.05) is 0 Å². The highest BCUT2D eigenvalue weighted by molar-refractivity contribution is 6.00. The number of nitrogens with two attached hydrogens (primary N) is 1. The maximum absolute atomic E-state index is 12.4. The molecule has 0 spiro atoms. The average Bonchev–Trinajstić information content (AvgIpc) is 2.47. The Morgan fingerprint density at radius 2 is 2.05 bits per heavy atom. The van der Waals surface area contributed by atoms with Crippen LogP contribution >= 0.6 is 0 Å². The number of carboxylic acid groups (broad SMARTS) is 1. The number of amides is 1. The van der Waals surface area contributed by atoms with E-state index in [1.54, 1.807) is 6.07 Å². The van der Waals surface area contributed by atoms with Crippen molar-refractivity contribution >= 4 is 17.6 Å². The molecule has 0 saturated carbocycles. The van der Waals surface area contributed by atoms with Gasteiger partial charge in [-0.25, -0.2) is 4.79 Å². The number of carboxylic acids is 1. The van der Waals surface area contributed by atoms with Gasteiger partial charge < -0.3 is 25.6 Å². The van der Waals surface area contributed by atoms with Crippen LogP contribution in [0, 0.1) is 0 Å². The Balaban J connectivity index is 2.25. The Morgan fingerprint density at radius 3 is 2.62 bits per heavy atom. The lowest BCUT2D eigenvalue weighted by atomic mass is 9.89. The number of ether oxygens (including phenoxy) is 2. The van der Waals surface area contributed by atoms with Gasteiger partial charge in [0, 0.05) is 37.8 Å². The fourth-order valence-electron chi connectivity index (χ4n) is 2.29. The van der Waals surface area contributed by atoms with Crippen molar-refractivity contribution in [3.8, 4) is 5.75 Å². The van der Waals surface area contributed by atoms with Crippen LogP contribution < -0.4 is 15.8 Å².